The number of halogens is 1. The molecule has 1 heterocycles. The van der Waals surface area contributed by atoms with Gasteiger partial charge in [0.05, 0.1) is 18.1 Å². The maximum absolute atomic E-state index is 14.1. The van der Waals surface area contributed by atoms with Crippen LogP contribution in [0.1, 0.15) is 59.5 Å². The Bertz CT molecular complexity index is 955. The monoisotopic (exact) mass is 424 g/mol. The first kappa shape index (κ1) is 21.5. The lowest BCUT2D eigenvalue weighted by molar-refractivity contribution is -0.127. The lowest BCUT2D eigenvalue weighted by Crippen LogP contribution is -2.63. The number of hydrogen-bond donors (Lipinski definition) is 1. The Morgan fingerprint density at radius 2 is 1.84 bits per heavy atom. The van der Waals surface area contributed by atoms with E-state index >= 15 is 0 Å². The van der Waals surface area contributed by atoms with Crippen molar-refractivity contribution in [2.24, 2.45) is 0 Å². The Morgan fingerprint density at radius 1 is 1.13 bits per heavy atom. The van der Waals surface area contributed by atoms with Crippen molar-refractivity contribution in [1.29, 1.82) is 0 Å². The Hall–Kier alpha value is -2.73. The number of fused-ring (bicyclic) bond motifs is 1. The highest BCUT2D eigenvalue weighted by molar-refractivity contribution is 6.02. The minimum absolute atomic E-state index is 0.0345. The summed E-state index contributed by atoms with van der Waals surface area (Å²) in [6, 6.07) is 13.9. The zero-order valence-electron chi connectivity index (χ0n) is 17.9. The SMILES string of the molecule is COCCN1C(=O)c2ccccc2C(C(=O)NCc2ccccc2F)C12CCCCC2. The predicted molar refractivity (Wildman–Crippen MR) is 116 cm³/mol. The van der Waals surface area contributed by atoms with Gasteiger partial charge in [-0.1, -0.05) is 55.7 Å². The zero-order valence-corrected chi connectivity index (χ0v) is 17.9. The fourth-order valence-electron chi connectivity index (χ4n) is 5.28. The second kappa shape index (κ2) is 9.18. The fraction of sp³-hybridized carbons (Fsp3) is 0.440. The van der Waals surface area contributed by atoms with Gasteiger partial charge in [-0.05, 0) is 30.5 Å². The molecular weight excluding hydrogens is 395 g/mol. The molecule has 2 aromatic rings. The smallest absolute Gasteiger partial charge is 0.254 e. The zero-order chi connectivity index (χ0) is 21.8. The van der Waals surface area contributed by atoms with Crippen LogP contribution in [-0.2, 0) is 16.1 Å². The number of nitrogens with zero attached hydrogens (tertiary/aromatic N) is 1. The number of carbonyl (C=O) groups is 2. The van der Waals surface area contributed by atoms with Crippen molar-refractivity contribution in [3.05, 3.63) is 71.0 Å². The van der Waals surface area contributed by atoms with E-state index in [1.807, 2.05) is 23.1 Å². The summed E-state index contributed by atoms with van der Waals surface area (Å²) < 4.78 is 19.4. The van der Waals surface area contributed by atoms with Crippen LogP contribution in [-0.4, -0.2) is 42.5 Å². The third kappa shape index (κ3) is 3.97. The van der Waals surface area contributed by atoms with E-state index in [9.17, 15) is 14.0 Å². The fourth-order valence-corrected chi connectivity index (χ4v) is 5.28. The molecule has 1 spiro atoms. The highest BCUT2D eigenvalue weighted by Gasteiger charge is 2.54. The van der Waals surface area contributed by atoms with Gasteiger partial charge in [0.2, 0.25) is 5.91 Å². The molecule has 1 aliphatic heterocycles. The quantitative estimate of drug-likeness (QED) is 0.762. The Labute approximate surface area is 182 Å². The summed E-state index contributed by atoms with van der Waals surface area (Å²) in [5.41, 5.74) is 1.21. The molecule has 0 bridgehead atoms. The van der Waals surface area contributed by atoms with Gasteiger partial charge in [0.25, 0.3) is 5.91 Å². The molecule has 1 aliphatic carbocycles. The second-order valence-corrected chi connectivity index (χ2v) is 8.44. The number of methoxy groups -OCH3 is 1. The van der Waals surface area contributed by atoms with E-state index in [1.165, 1.54) is 6.07 Å². The predicted octanol–water partition coefficient (Wildman–Crippen LogP) is 4.03. The molecule has 1 fully saturated rings. The molecule has 31 heavy (non-hydrogen) atoms. The maximum Gasteiger partial charge on any atom is 0.254 e. The minimum Gasteiger partial charge on any atom is -0.383 e. The molecule has 2 aromatic carbocycles. The molecule has 5 nitrogen and oxygen atoms in total. The topological polar surface area (TPSA) is 58.6 Å². The molecule has 1 N–H and O–H groups in total. The van der Waals surface area contributed by atoms with Crippen molar-refractivity contribution < 1.29 is 18.7 Å². The van der Waals surface area contributed by atoms with Gasteiger partial charge in [0, 0.05) is 31.3 Å². The van der Waals surface area contributed by atoms with Gasteiger partial charge in [0.1, 0.15) is 5.82 Å². The van der Waals surface area contributed by atoms with Crippen LogP contribution in [0.5, 0.6) is 0 Å². The van der Waals surface area contributed by atoms with Crippen molar-refractivity contribution >= 4 is 11.8 Å². The van der Waals surface area contributed by atoms with E-state index < -0.39 is 11.5 Å². The summed E-state index contributed by atoms with van der Waals surface area (Å²) in [4.78, 5) is 29.0. The average Bonchev–Trinajstić information content (AvgIpc) is 2.79. The Kier molecular flexibility index (Phi) is 6.37. The molecular formula is C25H29FN2O3. The van der Waals surface area contributed by atoms with Crippen molar-refractivity contribution in [1.82, 2.24) is 10.2 Å². The van der Waals surface area contributed by atoms with Crippen LogP contribution >= 0.6 is 0 Å². The largest absolute Gasteiger partial charge is 0.383 e. The molecule has 4 rings (SSSR count). The number of benzene rings is 2. The van der Waals surface area contributed by atoms with Gasteiger partial charge >= 0.3 is 0 Å². The van der Waals surface area contributed by atoms with Crippen LogP contribution in [0.2, 0.25) is 0 Å². The summed E-state index contributed by atoms with van der Waals surface area (Å²) in [6.07, 6.45) is 4.58. The van der Waals surface area contributed by atoms with E-state index in [4.69, 9.17) is 4.74 Å². The normalized spacial score (nSPS) is 19.9. The summed E-state index contributed by atoms with van der Waals surface area (Å²) >= 11 is 0. The summed E-state index contributed by atoms with van der Waals surface area (Å²) in [6.45, 7) is 0.978. The van der Waals surface area contributed by atoms with Gasteiger partial charge in [-0.2, -0.15) is 0 Å². The van der Waals surface area contributed by atoms with E-state index in [2.05, 4.69) is 5.32 Å². The van der Waals surface area contributed by atoms with Crippen LogP contribution in [0.25, 0.3) is 0 Å². The first-order valence-electron chi connectivity index (χ1n) is 11.0. The van der Waals surface area contributed by atoms with Crippen molar-refractivity contribution in [2.45, 2.75) is 50.1 Å². The molecule has 2 aliphatic rings. The summed E-state index contributed by atoms with van der Waals surface area (Å²) in [7, 11) is 1.62. The summed E-state index contributed by atoms with van der Waals surface area (Å²) in [5, 5.41) is 2.97. The Balaban J connectivity index is 1.72. The molecule has 0 radical (unpaired) electrons. The van der Waals surface area contributed by atoms with Gasteiger partial charge < -0.3 is 15.0 Å². The first-order valence-corrected chi connectivity index (χ1v) is 11.0. The van der Waals surface area contributed by atoms with Crippen LogP contribution in [0.15, 0.2) is 48.5 Å². The van der Waals surface area contributed by atoms with Crippen LogP contribution < -0.4 is 5.32 Å². The lowest BCUT2D eigenvalue weighted by atomic mass is 9.65. The standard InChI is InChI=1S/C25H29FN2O3/c1-31-16-15-28-24(30)20-11-5-4-10-19(20)22(25(28)13-7-2-8-14-25)23(29)27-17-18-9-3-6-12-21(18)26/h3-6,9-12,22H,2,7-8,13-17H2,1H3,(H,27,29). The minimum atomic E-state index is -0.582. The Morgan fingerprint density at radius 3 is 2.58 bits per heavy atom. The van der Waals surface area contributed by atoms with Crippen molar-refractivity contribution in [2.75, 3.05) is 20.3 Å². The van der Waals surface area contributed by atoms with Gasteiger partial charge in [0.15, 0.2) is 0 Å². The second-order valence-electron chi connectivity index (χ2n) is 8.44. The highest BCUT2D eigenvalue weighted by atomic mass is 19.1. The molecule has 1 saturated carbocycles. The maximum atomic E-state index is 14.1. The molecule has 0 aromatic heterocycles. The van der Waals surface area contributed by atoms with Crippen LogP contribution in [0.3, 0.4) is 0 Å². The number of hydrogen-bond acceptors (Lipinski definition) is 3. The number of nitrogens with one attached hydrogen (secondary N) is 1. The number of rotatable bonds is 6. The lowest BCUT2D eigenvalue weighted by Gasteiger charge is -2.53. The number of amides is 2. The molecule has 6 heteroatoms. The number of carbonyl (C=O) groups excluding carboxylic acids is 2. The van der Waals surface area contributed by atoms with Gasteiger partial charge in [-0.15, -0.1) is 0 Å². The first-order chi connectivity index (χ1) is 15.1. The van der Waals surface area contributed by atoms with Crippen LogP contribution in [0.4, 0.5) is 4.39 Å². The molecule has 0 saturated heterocycles. The molecule has 1 unspecified atom stereocenters. The third-order valence-electron chi connectivity index (χ3n) is 6.73. The average molecular weight is 425 g/mol. The van der Waals surface area contributed by atoms with Gasteiger partial charge in [-0.25, -0.2) is 4.39 Å². The summed E-state index contributed by atoms with van der Waals surface area (Å²) in [5.74, 6) is -1.03. The molecule has 2 amide bonds. The van der Waals surface area contributed by atoms with Crippen LogP contribution in [0, 0.1) is 5.82 Å². The van der Waals surface area contributed by atoms with E-state index in [0.717, 1.165) is 37.7 Å². The number of ether oxygens (including phenoxy) is 1. The van der Waals surface area contributed by atoms with Crippen molar-refractivity contribution in [3.63, 3.8) is 0 Å². The third-order valence-corrected chi connectivity index (χ3v) is 6.73. The molecule has 1 atom stereocenters. The highest BCUT2D eigenvalue weighted by Crippen LogP contribution is 2.49. The van der Waals surface area contributed by atoms with E-state index in [1.54, 1.807) is 31.4 Å². The van der Waals surface area contributed by atoms with E-state index in [-0.39, 0.29) is 24.2 Å². The molecule has 164 valence electrons. The van der Waals surface area contributed by atoms with Gasteiger partial charge in [-0.3, -0.25) is 9.59 Å². The van der Waals surface area contributed by atoms with E-state index in [0.29, 0.717) is 24.3 Å². The van der Waals surface area contributed by atoms with Crippen molar-refractivity contribution in [3.8, 4) is 0 Å².